The molecule has 0 radical (unpaired) electrons. The van der Waals surface area contributed by atoms with E-state index >= 15 is 0 Å². The number of halogens is 1. The summed E-state index contributed by atoms with van der Waals surface area (Å²) in [6.07, 6.45) is 2.49. The van der Waals surface area contributed by atoms with Gasteiger partial charge in [-0.05, 0) is 49.1 Å². The van der Waals surface area contributed by atoms with Crippen molar-refractivity contribution in [3.05, 3.63) is 65.7 Å². The Bertz CT molecular complexity index is 747. The van der Waals surface area contributed by atoms with Gasteiger partial charge in [-0.3, -0.25) is 4.79 Å². The van der Waals surface area contributed by atoms with Crippen LogP contribution in [0.1, 0.15) is 37.3 Å². The van der Waals surface area contributed by atoms with Crippen LogP contribution in [0.3, 0.4) is 0 Å². The second-order valence-electron chi connectivity index (χ2n) is 7.50. The minimum Gasteiger partial charge on any atom is -0.489 e. The van der Waals surface area contributed by atoms with E-state index in [0.717, 1.165) is 36.4 Å². The van der Waals surface area contributed by atoms with Crippen molar-refractivity contribution in [2.75, 3.05) is 32.8 Å². The molecule has 0 unspecified atom stereocenters. The molecule has 1 aliphatic heterocycles. The smallest absolute Gasteiger partial charge is 0.230 e. The molecule has 2 aromatic rings. The lowest BCUT2D eigenvalue weighted by Crippen LogP contribution is -2.49. The number of hydrogen-bond acceptors (Lipinski definition) is 4. The molecule has 0 bridgehead atoms. The molecule has 5 nitrogen and oxygen atoms in total. The fraction of sp³-hybridized carbons (Fsp3) is 0.458. The van der Waals surface area contributed by atoms with Gasteiger partial charge in [0.25, 0.3) is 0 Å². The molecule has 164 valence electrons. The lowest BCUT2D eigenvalue weighted by Gasteiger charge is -2.36. The number of amides is 1. The maximum Gasteiger partial charge on any atom is 0.230 e. The Kier molecular flexibility index (Phi) is 10.1. The summed E-state index contributed by atoms with van der Waals surface area (Å²) in [7, 11) is 0. The number of nitrogens with one attached hydrogen (secondary N) is 2. The van der Waals surface area contributed by atoms with Crippen LogP contribution < -0.4 is 15.4 Å². The largest absolute Gasteiger partial charge is 0.489 e. The summed E-state index contributed by atoms with van der Waals surface area (Å²) in [6, 6.07) is 18.1. The van der Waals surface area contributed by atoms with Crippen molar-refractivity contribution in [3.63, 3.8) is 0 Å². The predicted molar refractivity (Wildman–Crippen MR) is 122 cm³/mol. The SMILES string of the molecule is CCCNCCNC(=O)C1(c2ccc(OCc3ccccc3)cc2)CCOCC1.Cl. The number of rotatable bonds is 10. The van der Waals surface area contributed by atoms with Gasteiger partial charge in [-0.1, -0.05) is 49.4 Å². The lowest BCUT2D eigenvalue weighted by molar-refractivity contribution is -0.130. The van der Waals surface area contributed by atoms with Gasteiger partial charge in [0.05, 0.1) is 5.41 Å². The van der Waals surface area contributed by atoms with Gasteiger partial charge in [0.15, 0.2) is 0 Å². The van der Waals surface area contributed by atoms with Crippen molar-refractivity contribution < 1.29 is 14.3 Å². The van der Waals surface area contributed by atoms with E-state index in [0.29, 0.717) is 39.2 Å². The summed E-state index contributed by atoms with van der Waals surface area (Å²) in [6.45, 7) is 6.28. The number of benzene rings is 2. The Morgan fingerprint density at radius 1 is 1.00 bits per heavy atom. The van der Waals surface area contributed by atoms with Gasteiger partial charge in [0.1, 0.15) is 12.4 Å². The first-order valence-corrected chi connectivity index (χ1v) is 10.6. The van der Waals surface area contributed by atoms with E-state index in [4.69, 9.17) is 9.47 Å². The standard InChI is InChI=1S/C24H32N2O3.ClH/c1-2-14-25-15-16-26-23(27)24(12-17-28-18-13-24)21-8-10-22(11-9-21)29-19-20-6-4-3-5-7-20;/h3-11,25H,2,12-19H2,1H3,(H,26,27);1H. The molecule has 0 aromatic heterocycles. The second-order valence-corrected chi connectivity index (χ2v) is 7.50. The summed E-state index contributed by atoms with van der Waals surface area (Å²) >= 11 is 0. The fourth-order valence-corrected chi connectivity index (χ4v) is 3.71. The molecule has 1 amide bonds. The van der Waals surface area contributed by atoms with Crippen molar-refractivity contribution in [2.45, 2.75) is 38.2 Å². The van der Waals surface area contributed by atoms with E-state index in [-0.39, 0.29) is 18.3 Å². The highest BCUT2D eigenvalue weighted by Gasteiger charge is 2.41. The van der Waals surface area contributed by atoms with Crippen LogP contribution in [-0.2, 0) is 21.6 Å². The first kappa shape index (κ1) is 24.2. The Balaban J connectivity index is 0.00000320. The molecule has 30 heavy (non-hydrogen) atoms. The van der Waals surface area contributed by atoms with Gasteiger partial charge in [-0.15, -0.1) is 12.4 Å². The minimum atomic E-state index is -0.527. The van der Waals surface area contributed by atoms with Crippen molar-refractivity contribution >= 4 is 18.3 Å². The zero-order chi connectivity index (χ0) is 20.4. The number of carbonyl (C=O) groups excluding carboxylic acids is 1. The van der Waals surface area contributed by atoms with E-state index < -0.39 is 5.41 Å². The lowest BCUT2D eigenvalue weighted by atomic mass is 9.73. The molecule has 0 saturated carbocycles. The minimum absolute atomic E-state index is 0. The van der Waals surface area contributed by atoms with E-state index in [1.165, 1.54) is 0 Å². The zero-order valence-electron chi connectivity index (χ0n) is 17.7. The molecule has 3 rings (SSSR count). The molecule has 2 aromatic carbocycles. The fourth-order valence-electron chi connectivity index (χ4n) is 3.71. The molecular weight excluding hydrogens is 400 g/mol. The van der Waals surface area contributed by atoms with Crippen LogP contribution in [-0.4, -0.2) is 38.8 Å². The van der Waals surface area contributed by atoms with Crippen LogP contribution >= 0.6 is 12.4 Å². The Morgan fingerprint density at radius 2 is 1.70 bits per heavy atom. The van der Waals surface area contributed by atoms with Crippen molar-refractivity contribution in [1.82, 2.24) is 10.6 Å². The third kappa shape index (κ3) is 6.46. The summed E-state index contributed by atoms with van der Waals surface area (Å²) < 4.78 is 11.4. The molecular formula is C24H33ClN2O3. The predicted octanol–water partition coefficient (Wildman–Crippen LogP) is 3.85. The first-order valence-electron chi connectivity index (χ1n) is 10.6. The Morgan fingerprint density at radius 3 is 2.37 bits per heavy atom. The summed E-state index contributed by atoms with van der Waals surface area (Å²) in [5, 5.41) is 6.45. The van der Waals surface area contributed by atoms with Crippen molar-refractivity contribution in [2.24, 2.45) is 0 Å². The van der Waals surface area contributed by atoms with E-state index in [2.05, 4.69) is 17.6 Å². The summed E-state index contributed by atoms with van der Waals surface area (Å²) in [5.74, 6) is 0.904. The number of hydrogen-bond donors (Lipinski definition) is 2. The molecule has 0 atom stereocenters. The number of ether oxygens (including phenoxy) is 2. The second kappa shape index (κ2) is 12.6. The maximum atomic E-state index is 13.1. The highest BCUT2D eigenvalue weighted by Crippen LogP contribution is 2.36. The van der Waals surface area contributed by atoms with Gasteiger partial charge in [0.2, 0.25) is 5.91 Å². The average molecular weight is 433 g/mol. The van der Waals surface area contributed by atoms with E-state index in [1.54, 1.807) is 0 Å². The molecule has 0 aliphatic carbocycles. The molecule has 6 heteroatoms. The highest BCUT2D eigenvalue weighted by atomic mass is 35.5. The summed E-state index contributed by atoms with van der Waals surface area (Å²) in [4.78, 5) is 13.1. The van der Waals surface area contributed by atoms with E-state index in [1.807, 2.05) is 54.6 Å². The van der Waals surface area contributed by atoms with Crippen LogP contribution in [0.15, 0.2) is 54.6 Å². The van der Waals surface area contributed by atoms with Crippen molar-refractivity contribution in [1.29, 1.82) is 0 Å². The molecule has 2 N–H and O–H groups in total. The normalized spacial score (nSPS) is 15.1. The van der Waals surface area contributed by atoms with Crippen molar-refractivity contribution in [3.8, 4) is 5.75 Å². The Labute approximate surface area is 186 Å². The van der Waals surface area contributed by atoms with E-state index in [9.17, 15) is 4.79 Å². The maximum absolute atomic E-state index is 13.1. The number of carbonyl (C=O) groups is 1. The van der Waals surface area contributed by atoms with Crippen LogP contribution in [0.2, 0.25) is 0 Å². The molecule has 1 heterocycles. The van der Waals surface area contributed by atoms with Gasteiger partial charge >= 0.3 is 0 Å². The molecule has 0 spiro atoms. The quantitative estimate of drug-likeness (QED) is 0.560. The topological polar surface area (TPSA) is 59.6 Å². The van der Waals surface area contributed by atoms with Gasteiger partial charge in [-0.2, -0.15) is 0 Å². The third-order valence-corrected chi connectivity index (χ3v) is 5.45. The van der Waals surface area contributed by atoms with Crippen LogP contribution in [0.4, 0.5) is 0 Å². The molecule has 1 aliphatic rings. The van der Waals surface area contributed by atoms with Gasteiger partial charge in [0, 0.05) is 26.3 Å². The van der Waals surface area contributed by atoms with Gasteiger partial charge in [-0.25, -0.2) is 0 Å². The average Bonchev–Trinajstić information content (AvgIpc) is 2.79. The zero-order valence-corrected chi connectivity index (χ0v) is 18.5. The van der Waals surface area contributed by atoms with Crippen LogP contribution in [0, 0.1) is 0 Å². The van der Waals surface area contributed by atoms with Crippen LogP contribution in [0.5, 0.6) is 5.75 Å². The van der Waals surface area contributed by atoms with Gasteiger partial charge < -0.3 is 20.1 Å². The van der Waals surface area contributed by atoms with Crippen LogP contribution in [0.25, 0.3) is 0 Å². The first-order chi connectivity index (χ1) is 14.2. The highest BCUT2D eigenvalue weighted by molar-refractivity contribution is 5.88. The Hall–Kier alpha value is -2.08. The monoisotopic (exact) mass is 432 g/mol. The summed E-state index contributed by atoms with van der Waals surface area (Å²) in [5.41, 5.74) is 1.64. The molecule has 1 fully saturated rings. The third-order valence-electron chi connectivity index (χ3n) is 5.45. The molecule has 1 saturated heterocycles.